The van der Waals surface area contributed by atoms with Crippen LogP contribution in [0.15, 0.2) is 89.9 Å². The summed E-state index contributed by atoms with van der Waals surface area (Å²) in [7, 11) is 1.55. The zero-order valence-corrected chi connectivity index (χ0v) is 17.2. The average molecular weight is 421 g/mol. The minimum Gasteiger partial charge on any atom is -0.322 e. The molecule has 0 fully saturated rings. The predicted molar refractivity (Wildman–Crippen MR) is 124 cm³/mol. The van der Waals surface area contributed by atoms with E-state index in [4.69, 9.17) is 0 Å². The zero-order chi connectivity index (χ0) is 22.1. The highest BCUT2D eigenvalue weighted by atomic mass is 16.2. The van der Waals surface area contributed by atoms with E-state index in [1.54, 1.807) is 25.4 Å². The fourth-order valence-electron chi connectivity index (χ4n) is 3.74. The number of carbonyl (C=O) groups excluding carboxylic acids is 1. The Balaban J connectivity index is 1.70. The third-order valence-electron chi connectivity index (χ3n) is 5.28. The first-order chi connectivity index (χ1) is 15.6. The largest absolute Gasteiger partial charge is 0.322 e. The number of hydrogen-bond donors (Lipinski definition) is 2. The van der Waals surface area contributed by atoms with Crippen molar-refractivity contribution in [1.29, 1.82) is 0 Å². The Bertz CT molecular complexity index is 1490. The average Bonchev–Trinajstić information content (AvgIpc) is 3.29. The van der Waals surface area contributed by atoms with Gasteiger partial charge in [-0.2, -0.15) is 10.2 Å². The van der Waals surface area contributed by atoms with E-state index in [0.29, 0.717) is 16.9 Å². The first-order valence-corrected chi connectivity index (χ1v) is 10.1. The number of amides is 1. The summed E-state index contributed by atoms with van der Waals surface area (Å²) in [4.78, 5) is 26.6. The second kappa shape index (κ2) is 7.96. The topological polar surface area (TPSA) is 92.7 Å². The summed E-state index contributed by atoms with van der Waals surface area (Å²) in [5.74, 6) is -0.497. The summed E-state index contributed by atoms with van der Waals surface area (Å²) in [6.07, 6.45) is 1.71. The van der Waals surface area contributed by atoms with Crippen molar-refractivity contribution in [2.45, 2.75) is 0 Å². The van der Waals surface area contributed by atoms with Crippen molar-refractivity contribution in [2.24, 2.45) is 7.05 Å². The number of fused-ring (bicyclic) bond motifs is 1. The van der Waals surface area contributed by atoms with Crippen molar-refractivity contribution in [3.63, 3.8) is 0 Å². The summed E-state index contributed by atoms with van der Waals surface area (Å²) in [5, 5.41) is 15.2. The number of H-pyrrole nitrogens is 1. The lowest BCUT2D eigenvalue weighted by molar-refractivity contribution is 0.102. The second-order valence-electron chi connectivity index (χ2n) is 7.39. The van der Waals surface area contributed by atoms with E-state index in [1.807, 2.05) is 66.7 Å². The van der Waals surface area contributed by atoms with Crippen LogP contribution in [-0.4, -0.2) is 25.9 Å². The van der Waals surface area contributed by atoms with E-state index in [1.165, 1.54) is 4.68 Å². The fraction of sp³-hybridized carbons (Fsp3) is 0.0400. The number of nitrogens with zero attached hydrogens (tertiary/aromatic N) is 3. The molecule has 0 aliphatic rings. The number of nitrogens with one attached hydrogen (secondary N) is 2. The van der Waals surface area contributed by atoms with Crippen LogP contribution in [0.5, 0.6) is 0 Å². The molecule has 156 valence electrons. The predicted octanol–water partition coefficient (Wildman–Crippen LogP) is 4.24. The molecular formula is C25H19N5O2. The number of rotatable bonds is 4. The van der Waals surface area contributed by atoms with Crippen LogP contribution in [0.3, 0.4) is 0 Å². The van der Waals surface area contributed by atoms with Crippen LogP contribution in [0.25, 0.3) is 33.3 Å². The molecule has 0 spiro atoms. The van der Waals surface area contributed by atoms with E-state index >= 15 is 0 Å². The van der Waals surface area contributed by atoms with Gasteiger partial charge in [0.05, 0.1) is 17.4 Å². The normalized spacial score (nSPS) is 10.9. The quantitative estimate of drug-likeness (QED) is 0.454. The molecule has 5 aromatic rings. The van der Waals surface area contributed by atoms with Crippen LogP contribution in [0.2, 0.25) is 0 Å². The van der Waals surface area contributed by atoms with Crippen molar-refractivity contribution >= 4 is 22.5 Å². The molecule has 7 heteroatoms. The Kier molecular flexibility index (Phi) is 4.84. The number of aryl methyl sites for hydroxylation is 1. The van der Waals surface area contributed by atoms with Crippen molar-refractivity contribution in [3.8, 4) is 22.4 Å². The molecule has 0 unspecified atom stereocenters. The zero-order valence-electron chi connectivity index (χ0n) is 17.2. The van der Waals surface area contributed by atoms with E-state index < -0.39 is 11.5 Å². The van der Waals surface area contributed by atoms with Gasteiger partial charge in [0.2, 0.25) is 0 Å². The van der Waals surface area contributed by atoms with Crippen LogP contribution in [-0.2, 0) is 7.05 Å². The molecule has 7 nitrogen and oxygen atoms in total. The molecule has 2 N–H and O–H groups in total. The van der Waals surface area contributed by atoms with Crippen molar-refractivity contribution in [1.82, 2.24) is 20.0 Å². The smallest absolute Gasteiger partial charge is 0.280 e. The van der Waals surface area contributed by atoms with Crippen molar-refractivity contribution < 1.29 is 4.79 Å². The van der Waals surface area contributed by atoms with Gasteiger partial charge in [0.1, 0.15) is 5.56 Å². The van der Waals surface area contributed by atoms with E-state index in [-0.39, 0.29) is 5.56 Å². The molecule has 0 saturated heterocycles. The summed E-state index contributed by atoms with van der Waals surface area (Å²) >= 11 is 0. The molecule has 0 aliphatic heterocycles. The van der Waals surface area contributed by atoms with Gasteiger partial charge in [0.25, 0.3) is 11.5 Å². The summed E-state index contributed by atoms with van der Waals surface area (Å²) in [6.45, 7) is 0. The Morgan fingerprint density at radius 2 is 1.62 bits per heavy atom. The number of benzene rings is 3. The molecule has 0 aliphatic carbocycles. The molecule has 0 saturated carbocycles. The number of aromatic amines is 1. The van der Waals surface area contributed by atoms with Crippen LogP contribution in [0, 0.1) is 0 Å². The van der Waals surface area contributed by atoms with E-state index in [9.17, 15) is 9.59 Å². The van der Waals surface area contributed by atoms with E-state index in [0.717, 1.165) is 22.0 Å². The Morgan fingerprint density at radius 3 is 2.34 bits per heavy atom. The molecule has 2 aromatic heterocycles. The van der Waals surface area contributed by atoms with Crippen molar-refractivity contribution in [3.05, 3.63) is 101 Å². The molecule has 0 atom stereocenters. The highest BCUT2D eigenvalue weighted by Gasteiger charge is 2.24. The Labute approximate surface area is 183 Å². The van der Waals surface area contributed by atoms with Crippen LogP contribution < -0.4 is 10.9 Å². The SMILES string of the molecule is Cn1nc(-c2ccccc2)c(-c2ccccc2)c(C(=O)Nc2ccc3cn[nH]c3c2)c1=O. The standard InChI is InChI=1S/C25H19N5O2/c1-30-25(32)22(24(31)27-19-13-12-18-15-26-28-20(18)14-19)21(16-8-4-2-5-9-16)23(29-30)17-10-6-3-7-11-17/h2-15H,1H3,(H,26,28)(H,27,31). The number of carbonyl (C=O) groups is 1. The maximum absolute atomic E-state index is 13.5. The summed E-state index contributed by atoms with van der Waals surface area (Å²) < 4.78 is 1.21. The van der Waals surface area contributed by atoms with Gasteiger partial charge >= 0.3 is 0 Å². The van der Waals surface area contributed by atoms with Gasteiger partial charge in [0.15, 0.2) is 0 Å². The Hall–Kier alpha value is -4.52. The van der Waals surface area contributed by atoms with Gasteiger partial charge in [-0.15, -0.1) is 0 Å². The van der Waals surface area contributed by atoms with Gasteiger partial charge < -0.3 is 5.32 Å². The first-order valence-electron chi connectivity index (χ1n) is 10.1. The van der Waals surface area contributed by atoms with Crippen molar-refractivity contribution in [2.75, 3.05) is 5.32 Å². The highest BCUT2D eigenvalue weighted by Crippen LogP contribution is 2.32. The third kappa shape index (κ3) is 3.45. The monoisotopic (exact) mass is 421 g/mol. The van der Waals surface area contributed by atoms with E-state index in [2.05, 4.69) is 20.6 Å². The number of aromatic nitrogens is 4. The third-order valence-corrected chi connectivity index (χ3v) is 5.28. The summed E-state index contributed by atoms with van der Waals surface area (Å²) in [5.41, 5.74) is 3.54. The molecule has 0 radical (unpaired) electrons. The van der Waals surface area contributed by atoms with Gasteiger partial charge in [-0.1, -0.05) is 60.7 Å². The molecule has 0 bridgehead atoms. The maximum atomic E-state index is 13.5. The number of hydrogen-bond acceptors (Lipinski definition) is 4. The molecule has 2 heterocycles. The first kappa shape index (κ1) is 19.4. The maximum Gasteiger partial charge on any atom is 0.280 e. The van der Waals surface area contributed by atoms with Gasteiger partial charge in [-0.05, 0) is 23.8 Å². The minimum atomic E-state index is -0.497. The molecule has 5 rings (SSSR count). The van der Waals surface area contributed by atoms with Crippen LogP contribution >= 0.6 is 0 Å². The van der Waals surface area contributed by atoms with Gasteiger partial charge in [-0.3, -0.25) is 14.7 Å². The molecular weight excluding hydrogens is 402 g/mol. The lowest BCUT2D eigenvalue weighted by Crippen LogP contribution is -2.31. The van der Waals surface area contributed by atoms with Crippen LogP contribution in [0.1, 0.15) is 10.4 Å². The second-order valence-corrected chi connectivity index (χ2v) is 7.39. The molecule has 1 amide bonds. The molecule has 3 aromatic carbocycles. The Morgan fingerprint density at radius 1 is 0.938 bits per heavy atom. The fourth-order valence-corrected chi connectivity index (χ4v) is 3.74. The lowest BCUT2D eigenvalue weighted by Gasteiger charge is -2.16. The highest BCUT2D eigenvalue weighted by molar-refractivity contribution is 6.10. The number of anilines is 1. The molecule has 32 heavy (non-hydrogen) atoms. The lowest BCUT2D eigenvalue weighted by atomic mass is 9.95. The van der Waals surface area contributed by atoms with Gasteiger partial charge in [0, 0.05) is 29.2 Å². The van der Waals surface area contributed by atoms with Crippen LogP contribution in [0.4, 0.5) is 5.69 Å². The minimum absolute atomic E-state index is 0.0391. The summed E-state index contributed by atoms with van der Waals surface area (Å²) in [6, 6.07) is 24.3. The van der Waals surface area contributed by atoms with Gasteiger partial charge in [-0.25, -0.2) is 4.68 Å².